The summed E-state index contributed by atoms with van der Waals surface area (Å²) in [6, 6.07) is 0. The summed E-state index contributed by atoms with van der Waals surface area (Å²) in [6.07, 6.45) is 8.85. The summed E-state index contributed by atoms with van der Waals surface area (Å²) in [6.45, 7) is 2.21. The summed E-state index contributed by atoms with van der Waals surface area (Å²) >= 11 is 17.0. The fraction of sp³-hybridized carbons (Fsp3) is 0.800. The normalized spacial score (nSPS) is 12.5. The molecule has 0 spiro atoms. The van der Waals surface area contributed by atoms with Crippen molar-refractivity contribution in [3.8, 4) is 0 Å². The maximum atomic E-state index is 5.88. The van der Waals surface area contributed by atoms with E-state index >= 15 is 0 Å². The molecule has 3 heteroatoms. The van der Waals surface area contributed by atoms with Crippen LogP contribution in [0.3, 0.4) is 0 Å². The van der Waals surface area contributed by atoms with Gasteiger partial charge < -0.3 is 0 Å². The molecule has 13 heavy (non-hydrogen) atoms. The Bertz CT molecular complexity index is 141. The average molecular weight is 244 g/mol. The van der Waals surface area contributed by atoms with E-state index < -0.39 is 4.84 Å². The maximum Gasteiger partial charge on any atom is 0.127 e. The molecule has 0 amide bonds. The molecular formula is C10H17Cl3. The molecule has 0 nitrogen and oxygen atoms in total. The Hall–Kier alpha value is 0.610. The van der Waals surface area contributed by atoms with Crippen molar-refractivity contribution in [2.24, 2.45) is 0 Å². The van der Waals surface area contributed by atoms with Crippen molar-refractivity contribution < 1.29 is 0 Å². The third-order valence-electron chi connectivity index (χ3n) is 1.83. The lowest BCUT2D eigenvalue weighted by Crippen LogP contribution is -1.83. The van der Waals surface area contributed by atoms with Crippen LogP contribution in [0, 0.1) is 0 Å². The summed E-state index contributed by atoms with van der Waals surface area (Å²) in [5, 5.41) is 0.784. The second-order valence-corrected chi connectivity index (χ2v) is 4.76. The first-order chi connectivity index (χ1) is 6.16. The molecule has 0 aliphatic heterocycles. The predicted molar refractivity (Wildman–Crippen MR) is 62.8 cm³/mol. The Morgan fingerprint density at radius 3 is 2.31 bits per heavy atom. The van der Waals surface area contributed by atoms with E-state index in [1.807, 2.05) is 0 Å². The van der Waals surface area contributed by atoms with Gasteiger partial charge in [0, 0.05) is 5.03 Å². The van der Waals surface area contributed by atoms with Gasteiger partial charge in [0.05, 0.1) is 0 Å². The lowest BCUT2D eigenvalue weighted by atomic mass is 10.1. The minimum atomic E-state index is -0.469. The van der Waals surface area contributed by atoms with Crippen LogP contribution in [0.2, 0.25) is 0 Å². The highest BCUT2D eigenvalue weighted by molar-refractivity contribution is 6.46. The van der Waals surface area contributed by atoms with Gasteiger partial charge in [-0.2, -0.15) is 0 Å². The first-order valence-electron chi connectivity index (χ1n) is 4.81. The SMILES string of the molecule is CCCCCCC/C(Cl)=C/C(Cl)Cl. The molecule has 0 heterocycles. The smallest absolute Gasteiger partial charge is 0.101 e. The Morgan fingerprint density at radius 1 is 1.15 bits per heavy atom. The summed E-state index contributed by atoms with van der Waals surface area (Å²) in [5.41, 5.74) is 0. The van der Waals surface area contributed by atoms with E-state index in [-0.39, 0.29) is 0 Å². The van der Waals surface area contributed by atoms with E-state index in [1.165, 1.54) is 25.7 Å². The van der Waals surface area contributed by atoms with Crippen LogP contribution < -0.4 is 0 Å². The summed E-state index contributed by atoms with van der Waals surface area (Å²) in [4.78, 5) is -0.469. The van der Waals surface area contributed by atoms with E-state index in [2.05, 4.69) is 6.92 Å². The zero-order valence-corrected chi connectivity index (χ0v) is 10.3. The maximum absolute atomic E-state index is 5.88. The zero-order chi connectivity index (χ0) is 10.1. The molecule has 0 N–H and O–H groups in total. The zero-order valence-electron chi connectivity index (χ0n) is 8.03. The van der Waals surface area contributed by atoms with Crippen LogP contribution in [0.4, 0.5) is 0 Å². The van der Waals surface area contributed by atoms with Gasteiger partial charge in [-0.25, -0.2) is 0 Å². The van der Waals surface area contributed by atoms with Gasteiger partial charge in [-0.1, -0.05) is 44.2 Å². The van der Waals surface area contributed by atoms with E-state index in [4.69, 9.17) is 34.8 Å². The molecule has 0 saturated heterocycles. The van der Waals surface area contributed by atoms with Crippen molar-refractivity contribution in [3.63, 3.8) is 0 Å². The van der Waals surface area contributed by atoms with Crippen LogP contribution in [0.25, 0.3) is 0 Å². The second kappa shape index (κ2) is 9.18. The van der Waals surface area contributed by atoms with Crippen molar-refractivity contribution in [2.45, 2.75) is 50.3 Å². The molecule has 0 aliphatic rings. The number of hydrogen-bond acceptors (Lipinski definition) is 0. The fourth-order valence-electron chi connectivity index (χ4n) is 1.12. The van der Waals surface area contributed by atoms with Gasteiger partial charge in [-0.3, -0.25) is 0 Å². The van der Waals surface area contributed by atoms with Crippen LogP contribution in [0.1, 0.15) is 45.4 Å². The monoisotopic (exact) mass is 242 g/mol. The van der Waals surface area contributed by atoms with Crippen molar-refractivity contribution in [1.82, 2.24) is 0 Å². The third-order valence-corrected chi connectivity index (χ3v) is 2.39. The predicted octanol–water partition coefficient (Wildman–Crippen LogP) is 5.27. The summed E-state index contributed by atoms with van der Waals surface area (Å²) < 4.78 is 0. The highest BCUT2D eigenvalue weighted by Crippen LogP contribution is 2.17. The summed E-state index contributed by atoms with van der Waals surface area (Å²) in [7, 11) is 0. The highest BCUT2D eigenvalue weighted by Gasteiger charge is 1.97. The van der Waals surface area contributed by atoms with Gasteiger partial charge in [0.2, 0.25) is 0 Å². The number of rotatable bonds is 7. The topological polar surface area (TPSA) is 0 Å². The highest BCUT2D eigenvalue weighted by atomic mass is 35.5. The molecule has 0 fully saturated rings. The largest absolute Gasteiger partial charge is 0.127 e. The second-order valence-electron chi connectivity index (χ2n) is 3.11. The number of allylic oxidation sites excluding steroid dienone is 2. The molecule has 0 aromatic rings. The quantitative estimate of drug-likeness (QED) is 0.422. The molecule has 0 bridgehead atoms. The number of hydrogen-bond donors (Lipinski definition) is 0. The Labute approximate surface area is 96.2 Å². The molecule has 0 aromatic heterocycles. The van der Waals surface area contributed by atoms with Gasteiger partial charge in [0.25, 0.3) is 0 Å². The van der Waals surface area contributed by atoms with E-state index in [0.29, 0.717) is 0 Å². The Balaban J connectivity index is 3.31. The Kier molecular flexibility index (Phi) is 9.61. The van der Waals surface area contributed by atoms with Crippen LogP contribution in [0.5, 0.6) is 0 Å². The van der Waals surface area contributed by atoms with Crippen LogP contribution in [-0.2, 0) is 0 Å². The van der Waals surface area contributed by atoms with Crippen molar-refractivity contribution in [3.05, 3.63) is 11.1 Å². The molecule has 0 aromatic carbocycles. The van der Waals surface area contributed by atoms with Crippen molar-refractivity contribution in [2.75, 3.05) is 0 Å². The average Bonchev–Trinajstić information content (AvgIpc) is 2.02. The molecule has 0 radical (unpaired) electrons. The third kappa shape index (κ3) is 10.5. The fourth-order valence-corrected chi connectivity index (χ4v) is 1.81. The molecule has 0 saturated carbocycles. The molecule has 0 unspecified atom stereocenters. The summed E-state index contributed by atoms with van der Waals surface area (Å²) in [5.74, 6) is 0. The van der Waals surface area contributed by atoms with Gasteiger partial charge in [-0.15, -0.1) is 23.2 Å². The number of alkyl halides is 2. The first-order valence-corrected chi connectivity index (χ1v) is 6.06. The van der Waals surface area contributed by atoms with Gasteiger partial charge in [0.1, 0.15) is 4.84 Å². The van der Waals surface area contributed by atoms with Gasteiger partial charge >= 0.3 is 0 Å². The van der Waals surface area contributed by atoms with E-state index in [0.717, 1.165) is 17.9 Å². The lowest BCUT2D eigenvalue weighted by Gasteiger charge is -2.00. The standard InChI is InChI=1S/C10H17Cl3/c1-2-3-4-5-6-7-9(11)8-10(12)13/h8,10H,2-7H2,1H3/b9-8-. The first kappa shape index (κ1) is 13.6. The minimum Gasteiger partial charge on any atom is -0.101 e. The van der Waals surface area contributed by atoms with Crippen molar-refractivity contribution >= 4 is 34.8 Å². The molecule has 0 rings (SSSR count). The number of unbranched alkanes of at least 4 members (excludes halogenated alkanes) is 4. The molecular weight excluding hydrogens is 226 g/mol. The number of halogens is 3. The Morgan fingerprint density at radius 2 is 1.77 bits per heavy atom. The molecule has 78 valence electrons. The van der Waals surface area contributed by atoms with E-state index in [9.17, 15) is 0 Å². The van der Waals surface area contributed by atoms with Crippen LogP contribution in [-0.4, -0.2) is 4.84 Å². The minimum absolute atomic E-state index is 0.469. The van der Waals surface area contributed by atoms with Gasteiger partial charge in [0.15, 0.2) is 0 Å². The molecule has 0 aliphatic carbocycles. The molecule has 0 atom stereocenters. The lowest BCUT2D eigenvalue weighted by molar-refractivity contribution is 0.635. The van der Waals surface area contributed by atoms with Crippen LogP contribution in [0.15, 0.2) is 11.1 Å². The van der Waals surface area contributed by atoms with Gasteiger partial charge in [-0.05, 0) is 18.9 Å². The van der Waals surface area contributed by atoms with Crippen molar-refractivity contribution in [1.29, 1.82) is 0 Å². The van der Waals surface area contributed by atoms with Crippen LogP contribution >= 0.6 is 34.8 Å². The van der Waals surface area contributed by atoms with E-state index in [1.54, 1.807) is 6.08 Å².